The lowest BCUT2D eigenvalue weighted by atomic mass is 10.4. The smallest absolute Gasteiger partial charge is 0.233 e. The van der Waals surface area contributed by atoms with Gasteiger partial charge in [0.2, 0.25) is 11.8 Å². The van der Waals surface area contributed by atoms with Gasteiger partial charge in [-0.25, -0.2) is 0 Å². The van der Waals surface area contributed by atoms with Gasteiger partial charge in [-0.15, -0.1) is 0 Å². The summed E-state index contributed by atoms with van der Waals surface area (Å²) in [6, 6.07) is 1.93. The first-order valence-corrected chi connectivity index (χ1v) is 4.75. The van der Waals surface area contributed by atoms with Crippen molar-refractivity contribution in [2.45, 2.75) is 13.3 Å². The van der Waals surface area contributed by atoms with Crippen molar-refractivity contribution >= 4 is 11.8 Å². The average molecular weight is 212 g/mol. The second-order valence-electron chi connectivity index (χ2n) is 2.92. The topological polar surface area (TPSA) is 94.0 Å². The molecule has 84 valence electrons. The SMILES string of the molecule is CC(=O)NCCNCC(=O)NCCC#N. The third kappa shape index (κ3) is 10.3. The number of hydrogen-bond donors (Lipinski definition) is 3. The molecule has 0 spiro atoms. The highest BCUT2D eigenvalue weighted by molar-refractivity contribution is 5.78. The van der Waals surface area contributed by atoms with Crippen molar-refractivity contribution in [2.24, 2.45) is 0 Å². The Balaban J connectivity index is 3.24. The van der Waals surface area contributed by atoms with Crippen LogP contribution in [0.25, 0.3) is 0 Å². The van der Waals surface area contributed by atoms with Gasteiger partial charge >= 0.3 is 0 Å². The molecule has 6 heteroatoms. The lowest BCUT2D eigenvalue weighted by molar-refractivity contribution is -0.120. The number of nitrogens with zero attached hydrogens (tertiary/aromatic N) is 1. The summed E-state index contributed by atoms with van der Waals surface area (Å²) in [5.41, 5.74) is 0. The predicted molar refractivity (Wildman–Crippen MR) is 54.8 cm³/mol. The fourth-order valence-corrected chi connectivity index (χ4v) is 0.849. The number of nitriles is 1. The highest BCUT2D eigenvalue weighted by Crippen LogP contribution is 1.71. The minimum Gasteiger partial charge on any atom is -0.355 e. The van der Waals surface area contributed by atoms with E-state index in [0.29, 0.717) is 26.1 Å². The Labute approximate surface area is 89.0 Å². The summed E-state index contributed by atoms with van der Waals surface area (Å²) >= 11 is 0. The molecule has 15 heavy (non-hydrogen) atoms. The van der Waals surface area contributed by atoms with Crippen molar-refractivity contribution in [2.75, 3.05) is 26.2 Å². The maximum Gasteiger partial charge on any atom is 0.233 e. The van der Waals surface area contributed by atoms with Crippen LogP contribution in [0.15, 0.2) is 0 Å². The Morgan fingerprint density at radius 3 is 2.53 bits per heavy atom. The molecule has 0 aromatic carbocycles. The van der Waals surface area contributed by atoms with Crippen molar-refractivity contribution in [1.29, 1.82) is 5.26 Å². The summed E-state index contributed by atoms with van der Waals surface area (Å²) < 4.78 is 0. The zero-order chi connectivity index (χ0) is 11.5. The largest absolute Gasteiger partial charge is 0.355 e. The lowest BCUT2D eigenvalue weighted by Gasteiger charge is -2.05. The normalized spacial score (nSPS) is 9.07. The molecule has 0 bridgehead atoms. The van der Waals surface area contributed by atoms with E-state index in [2.05, 4.69) is 16.0 Å². The molecule has 0 saturated carbocycles. The summed E-state index contributed by atoms with van der Waals surface area (Å²) in [6.45, 7) is 3.06. The zero-order valence-corrected chi connectivity index (χ0v) is 8.80. The van der Waals surface area contributed by atoms with Crippen molar-refractivity contribution in [1.82, 2.24) is 16.0 Å². The quantitative estimate of drug-likeness (QED) is 0.459. The van der Waals surface area contributed by atoms with Crippen molar-refractivity contribution < 1.29 is 9.59 Å². The Morgan fingerprint density at radius 2 is 1.93 bits per heavy atom. The van der Waals surface area contributed by atoms with E-state index in [1.165, 1.54) is 6.92 Å². The summed E-state index contributed by atoms with van der Waals surface area (Å²) in [5, 5.41) is 16.2. The van der Waals surface area contributed by atoms with Crippen LogP contribution >= 0.6 is 0 Å². The van der Waals surface area contributed by atoms with Crippen molar-refractivity contribution in [3.05, 3.63) is 0 Å². The fraction of sp³-hybridized carbons (Fsp3) is 0.667. The molecule has 0 aliphatic carbocycles. The minimum absolute atomic E-state index is 0.0877. The van der Waals surface area contributed by atoms with Crippen LogP contribution in [0.3, 0.4) is 0 Å². The molecule has 0 fully saturated rings. The van der Waals surface area contributed by atoms with Crippen LogP contribution in [-0.2, 0) is 9.59 Å². The Kier molecular flexibility index (Phi) is 8.00. The number of amides is 2. The van der Waals surface area contributed by atoms with E-state index in [0.717, 1.165) is 0 Å². The number of carbonyl (C=O) groups is 2. The molecule has 0 saturated heterocycles. The van der Waals surface area contributed by atoms with E-state index < -0.39 is 0 Å². The van der Waals surface area contributed by atoms with Gasteiger partial charge in [-0.2, -0.15) is 5.26 Å². The first-order chi connectivity index (χ1) is 7.16. The van der Waals surface area contributed by atoms with Gasteiger partial charge in [0, 0.05) is 26.6 Å². The molecule has 0 aromatic rings. The van der Waals surface area contributed by atoms with Crippen LogP contribution in [0.4, 0.5) is 0 Å². The summed E-state index contributed by atoms with van der Waals surface area (Å²) in [7, 11) is 0. The van der Waals surface area contributed by atoms with E-state index in [9.17, 15) is 9.59 Å². The third-order valence-corrected chi connectivity index (χ3v) is 1.52. The van der Waals surface area contributed by atoms with E-state index in [1.54, 1.807) is 0 Å². The van der Waals surface area contributed by atoms with Crippen LogP contribution in [0, 0.1) is 11.3 Å². The Morgan fingerprint density at radius 1 is 1.20 bits per heavy atom. The fourth-order valence-electron chi connectivity index (χ4n) is 0.849. The number of nitrogens with one attached hydrogen (secondary N) is 3. The van der Waals surface area contributed by atoms with Crippen LogP contribution < -0.4 is 16.0 Å². The first-order valence-electron chi connectivity index (χ1n) is 4.75. The van der Waals surface area contributed by atoms with Gasteiger partial charge in [-0.1, -0.05) is 0 Å². The highest BCUT2D eigenvalue weighted by atomic mass is 16.2. The summed E-state index contributed by atoms with van der Waals surface area (Å²) in [4.78, 5) is 21.5. The van der Waals surface area contributed by atoms with Gasteiger partial charge in [0.1, 0.15) is 0 Å². The standard InChI is InChI=1S/C9H16N4O2/c1-8(14)12-6-5-11-7-9(15)13-4-2-3-10/h11H,2,4-7H2,1H3,(H,12,14)(H,13,15). The molecular formula is C9H16N4O2. The molecule has 0 aliphatic rings. The van der Waals surface area contributed by atoms with Gasteiger partial charge < -0.3 is 16.0 Å². The van der Waals surface area contributed by atoms with Crippen molar-refractivity contribution in [3.8, 4) is 6.07 Å². The van der Waals surface area contributed by atoms with Crippen molar-refractivity contribution in [3.63, 3.8) is 0 Å². The molecule has 0 atom stereocenters. The molecule has 6 nitrogen and oxygen atoms in total. The van der Waals surface area contributed by atoms with E-state index in [-0.39, 0.29) is 18.4 Å². The second kappa shape index (κ2) is 8.97. The molecule has 0 unspecified atom stereocenters. The van der Waals surface area contributed by atoms with Crippen LogP contribution in [-0.4, -0.2) is 38.0 Å². The number of rotatable bonds is 7. The first kappa shape index (κ1) is 13.4. The number of carbonyl (C=O) groups excluding carboxylic acids is 2. The van der Waals surface area contributed by atoms with Gasteiger partial charge in [0.05, 0.1) is 19.0 Å². The minimum atomic E-state index is -0.145. The summed E-state index contributed by atoms with van der Waals surface area (Å²) in [6.07, 6.45) is 0.317. The Hall–Kier alpha value is -1.61. The molecule has 0 aliphatic heterocycles. The molecule has 0 aromatic heterocycles. The van der Waals surface area contributed by atoms with Gasteiger partial charge in [0.25, 0.3) is 0 Å². The molecule has 0 rings (SSSR count). The molecular weight excluding hydrogens is 196 g/mol. The molecule has 0 radical (unpaired) electrons. The second-order valence-corrected chi connectivity index (χ2v) is 2.92. The van der Waals surface area contributed by atoms with Crippen LogP contribution in [0.1, 0.15) is 13.3 Å². The maximum atomic E-state index is 11.0. The molecule has 3 N–H and O–H groups in total. The maximum absolute atomic E-state index is 11.0. The predicted octanol–water partition coefficient (Wildman–Crippen LogP) is -1.26. The number of hydrogen-bond acceptors (Lipinski definition) is 4. The zero-order valence-electron chi connectivity index (χ0n) is 8.80. The van der Waals surface area contributed by atoms with Gasteiger partial charge in [0.15, 0.2) is 0 Å². The Bertz CT molecular complexity index is 247. The monoisotopic (exact) mass is 212 g/mol. The third-order valence-electron chi connectivity index (χ3n) is 1.52. The van der Waals surface area contributed by atoms with Crippen LogP contribution in [0.5, 0.6) is 0 Å². The molecule has 0 heterocycles. The average Bonchev–Trinajstić information content (AvgIpc) is 2.17. The highest BCUT2D eigenvalue weighted by Gasteiger charge is 1.98. The van der Waals surface area contributed by atoms with E-state index in [1.807, 2.05) is 6.07 Å². The van der Waals surface area contributed by atoms with E-state index >= 15 is 0 Å². The van der Waals surface area contributed by atoms with Crippen LogP contribution in [0.2, 0.25) is 0 Å². The van der Waals surface area contributed by atoms with E-state index in [4.69, 9.17) is 5.26 Å². The summed E-state index contributed by atoms with van der Waals surface area (Å²) in [5.74, 6) is -0.233. The lowest BCUT2D eigenvalue weighted by Crippen LogP contribution is -2.37. The van der Waals surface area contributed by atoms with Gasteiger partial charge in [-0.3, -0.25) is 9.59 Å². The molecule has 2 amide bonds. The van der Waals surface area contributed by atoms with Gasteiger partial charge in [-0.05, 0) is 0 Å².